The second kappa shape index (κ2) is 19.1. The lowest BCUT2D eigenvalue weighted by Crippen LogP contribution is -2.54. The minimum Gasteiger partial charge on any atom is -0.427 e. The molecular weight excluding hydrogens is 875 g/mol. The Hall–Kier alpha value is -3.56. The Morgan fingerprint density at radius 2 is 1.73 bits per heavy atom. The van der Waals surface area contributed by atoms with Crippen LogP contribution in [0, 0.1) is 58.2 Å². The van der Waals surface area contributed by atoms with Crippen molar-refractivity contribution in [3.05, 3.63) is 81.7 Å². The van der Waals surface area contributed by atoms with E-state index in [-0.39, 0.29) is 78.5 Å². The quantitative estimate of drug-likeness (QED) is 0.0779. The predicted molar refractivity (Wildman–Crippen MR) is 253 cm³/mol. The van der Waals surface area contributed by atoms with Gasteiger partial charge in [-0.1, -0.05) is 60.3 Å². The molecule has 0 aromatic heterocycles. The maximum absolute atomic E-state index is 15.1. The fourth-order valence-electron chi connectivity index (χ4n) is 14.5. The van der Waals surface area contributed by atoms with Crippen molar-refractivity contribution in [1.82, 2.24) is 15.5 Å². The van der Waals surface area contributed by atoms with Crippen molar-refractivity contribution in [2.24, 2.45) is 58.2 Å². The summed E-state index contributed by atoms with van der Waals surface area (Å²) in [6, 6.07) is 0. The number of ether oxygens (including phenoxy) is 2. The maximum Gasteiger partial charge on any atom is 0.340 e. The monoisotopic (exact) mass is 941 g/mol. The van der Waals surface area contributed by atoms with E-state index in [2.05, 4.69) is 35.8 Å². The molecule has 1 spiro atoms. The Kier molecular flexibility index (Phi) is 13.4. The van der Waals surface area contributed by atoms with Crippen LogP contribution in [-0.2, 0) is 28.7 Å². The Morgan fingerprint density at radius 3 is 2.47 bits per heavy atom. The lowest BCUT2D eigenvalue weighted by molar-refractivity contribution is -0.138. The van der Waals surface area contributed by atoms with Gasteiger partial charge >= 0.3 is 11.9 Å². The van der Waals surface area contributed by atoms with Gasteiger partial charge in [0.05, 0.1) is 22.7 Å². The van der Waals surface area contributed by atoms with Crippen molar-refractivity contribution in [2.75, 3.05) is 32.2 Å². The summed E-state index contributed by atoms with van der Waals surface area (Å²) in [5.41, 5.74) is 2.44. The van der Waals surface area contributed by atoms with Gasteiger partial charge in [-0.3, -0.25) is 14.5 Å². The number of carbonyl (C=O) groups is 4. The zero-order chi connectivity index (χ0) is 45.7. The van der Waals surface area contributed by atoms with Gasteiger partial charge in [0.25, 0.3) is 11.8 Å². The molecule has 0 aromatic rings. The Morgan fingerprint density at radius 1 is 0.939 bits per heavy atom. The molecule has 8 unspecified atom stereocenters. The molecular formula is C52H67N3O9S2. The van der Waals surface area contributed by atoms with Crippen LogP contribution in [0.1, 0.15) is 116 Å². The number of amides is 2. The van der Waals surface area contributed by atoms with Crippen molar-refractivity contribution < 1.29 is 44.0 Å². The highest BCUT2D eigenvalue weighted by atomic mass is 33.1. The van der Waals surface area contributed by atoms with Crippen molar-refractivity contribution in [1.29, 1.82) is 0 Å². The third-order valence-corrected chi connectivity index (χ3v) is 20.0. The maximum atomic E-state index is 15.1. The standard InChI is InChI=1S/C52H67N3O9S2/c1-2-51(19-3-4-20-51)26-39-37-12-11-36-35-17-21-52(46(36)45(37)48(60)63-39)40-14-13-34(32-9-7-30(8-10-32)24-31(28-57)6-5-23-56)50(62)66-65-29-54-41-25-33(18-22-53-41)38(44(35)47(52)49(61)64-40)27-55-42(58)15-16-43(55)59/h14-16,18,25-26,30-32,34-36,38,46,50,53-54,56-57,62H,2-13,17,19-24,27-29H2,1H3. The van der Waals surface area contributed by atoms with Crippen LogP contribution in [0.2, 0.25) is 0 Å². The summed E-state index contributed by atoms with van der Waals surface area (Å²) in [5.74, 6) is 0.933. The summed E-state index contributed by atoms with van der Waals surface area (Å²) in [5, 5.41) is 38.7. The average molecular weight is 942 g/mol. The lowest BCUT2D eigenvalue weighted by Gasteiger charge is -2.57. The average Bonchev–Trinajstić information content (AvgIpc) is 4.09. The largest absolute Gasteiger partial charge is 0.427 e. The molecule has 5 heterocycles. The molecule has 11 rings (SSSR count). The van der Waals surface area contributed by atoms with Crippen LogP contribution in [-0.4, -0.2) is 81.6 Å². The first-order valence-corrected chi connectivity index (χ1v) is 27.4. The Balaban J connectivity index is 1.09. The molecule has 7 bridgehead atoms. The van der Waals surface area contributed by atoms with E-state index in [1.54, 1.807) is 10.8 Å². The number of hydrogen-bond acceptors (Lipinski definition) is 13. The van der Waals surface area contributed by atoms with E-state index in [0.29, 0.717) is 66.7 Å². The van der Waals surface area contributed by atoms with Gasteiger partial charge in [-0.05, 0) is 148 Å². The highest BCUT2D eigenvalue weighted by Crippen LogP contribution is 2.72. The van der Waals surface area contributed by atoms with Crippen molar-refractivity contribution in [3.8, 4) is 0 Å². The second-order valence-corrected chi connectivity index (χ2v) is 23.4. The van der Waals surface area contributed by atoms with Gasteiger partial charge in [0.15, 0.2) is 0 Å². The summed E-state index contributed by atoms with van der Waals surface area (Å²) >= 11 is 0. The first-order chi connectivity index (χ1) is 32.1. The number of aliphatic hydroxyl groups is 3. The SMILES string of the molecule is CCC1(C=C2OC(=O)C3=C2CCC2C4CCC5(C6=CCC(C7CCC(CC(CO)CCCO)CC7)C(O)SSCNC7=CC(=CCN7)C(CN7C(=O)C=CC7=O)C4=C5C(=O)O6)C32)CCCC1. The molecule has 11 aliphatic rings. The molecule has 5 N–H and O–H groups in total. The number of dihydropyridines is 1. The fourth-order valence-corrected chi connectivity index (χ4v) is 16.6. The van der Waals surface area contributed by atoms with E-state index < -0.39 is 22.7 Å². The van der Waals surface area contributed by atoms with Gasteiger partial charge in [0, 0.05) is 67.4 Å². The van der Waals surface area contributed by atoms with Crippen LogP contribution >= 0.6 is 21.6 Å². The second-order valence-electron chi connectivity index (χ2n) is 20.9. The first kappa shape index (κ1) is 46.2. The van der Waals surface area contributed by atoms with E-state index in [1.807, 2.05) is 6.08 Å². The summed E-state index contributed by atoms with van der Waals surface area (Å²) in [6.07, 6.45) is 26.3. The summed E-state index contributed by atoms with van der Waals surface area (Å²) in [4.78, 5) is 57.7. The Bertz CT molecular complexity index is 2190. The molecule has 6 aliphatic carbocycles. The van der Waals surface area contributed by atoms with Crippen LogP contribution in [0.25, 0.3) is 0 Å². The van der Waals surface area contributed by atoms with Crippen molar-refractivity contribution in [3.63, 3.8) is 0 Å². The number of rotatable bonds is 11. The van der Waals surface area contributed by atoms with Crippen molar-refractivity contribution in [2.45, 2.75) is 122 Å². The number of imide groups is 1. The zero-order valence-electron chi connectivity index (χ0n) is 38.3. The summed E-state index contributed by atoms with van der Waals surface area (Å²) < 4.78 is 13.0. The lowest BCUT2D eigenvalue weighted by atomic mass is 9.43. The number of hydrogen-bond donors (Lipinski definition) is 5. The molecule has 5 aliphatic heterocycles. The van der Waals surface area contributed by atoms with Gasteiger partial charge in [0.2, 0.25) is 0 Å². The molecule has 1 saturated heterocycles. The van der Waals surface area contributed by atoms with Gasteiger partial charge in [-0.2, -0.15) is 0 Å². The molecule has 14 heteroatoms. The van der Waals surface area contributed by atoms with Crippen molar-refractivity contribution >= 4 is 45.3 Å². The summed E-state index contributed by atoms with van der Waals surface area (Å²) in [6.45, 7) is 3.08. The number of allylic oxidation sites excluding steroid dienone is 5. The van der Waals surface area contributed by atoms with E-state index in [1.165, 1.54) is 27.8 Å². The number of fused-ring (bicyclic) bond motifs is 2. The minimum atomic E-state index is -0.967. The third kappa shape index (κ3) is 8.19. The van der Waals surface area contributed by atoms with E-state index in [0.717, 1.165) is 106 Å². The highest BCUT2D eigenvalue weighted by molar-refractivity contribution is 8.76. The molecule has 12 nitrogen and oxygen atoms in total. The topological polar surface area (TPSA) is 175 Å². The van der Waals surface area contributed by atoms with Crippen LogP contribution in [0.5, 0.6) is 0 Å². The molecule has 66 heavy (non-hydrogen) atoms. The van der Waals surface area contributed by atoms with Crippen LogP contribution in [0.4, 0.5) is 0 Å². The number of nitrogens with zero attached hydrogens (tertiary/aromatic N) is 1. The number of carbonyl (C=O) groups excluding carboxylic acids is 4. The van der Waals surface area contributed by atoms with E-state index in [4.69, 9.17) is 9.47 Å². The van der Waals surface area contributed by atoms with Gasteiger partial charge < -0.3 is 35.4 Å². The van der Waals surface area contributed by atoms with Gasteiger partial charge in [0.1, 0.15) is 17.0 Å². The molecule has 0 radical (unpaired) electrons. The molecule has 356 valence electrons. The molecule has 8 atom stereocenters. The minimum absolute atomic E-state index is 0.000859. The van der Waals surface area contributed by atoms with Crippen LogP contribution in [0.15, 0.2) is 81.7 Å². The smallest absolute Gasteiger partial charge is 0.340 e. The van der Waals surface area contributed by atoms with E-state index in [9.17, 15) is 29.7 Å². The number of aliphatic hydroxyl groups excluding tert-OH is 3. The number of cyclic esters (lactones) is 1. The molecule has 0 aromatic carbocycles. The summed E-state index contributed by atoms with van der Waals surface area (Å²) in [7, 11) is 3.02. The first-order valence-electron chi connectivity index (χ1n) is 25.0. The molecule has 3 saturated carbocycles. The predicted octanol–water partition coefficient (Wildman–Crippen LogP) is 7.62. The zero-order valence-corrected chi connectivity index (χ0v) is 39.9. The van der Waals surface area contributed by atoms with Crippen LogP contribution < -0.4 is 10.6 Å². The number of esters is 2. The molecule has 4 fully saturated rings. The highest BCUT2D eigenvalue weighted by Gasteiger charge is 2.69. The number of nitrogens with one attached hydrogen (secondary N) is 2. The van der Waals surface area contributed by atoms with Crippen LogP contribution in [0.3, 0.4) is 0 Å². The normalized spacial score (nSPS) is 36.1. The van der Waals surface area contributed by atoms with Gasteiger partial charge in [-0.25, -0.2) is 9.59 Å². The fraction of sp³-hybridized carbons (Fsp3) is 0.654. The van der Waals surface area contributed by atoms with Gasteiger partial charge in [-0.15, -0.1) is 0 Å². The van der Waals surface area contributed by atoms with E-state index >= 15 is 4.79 Å². The molecule has 2 amide bonds. The third-order valence-electron chi connectivity index (χ3n) is 17.7. The Labute approximate surface area is 396 Å².